The summed E-state index contributed by atoms with van der Waals surface area (Å²) in [4.78, 5) is 42.5. The van der Waals surface area contributed by atoms with Gasteiger partial charge < -0.3 is 15.0 Å². The SMILES string of the molecule is CCCC1(C2CCN(C(=O)CCC3CCCCC3)CC2)NC(=O)N(CC2CCCO2)C1=O. The summed E-state index contributed by atoms with van der Waals surface area (Å²) in [6, 6.07) is -0.273. The second-order valence-electron chi connectivity index (χ2n) is 10.4. The van der Waals surface area contributed by atoms with Crippen molar-refractivity contribution in [3.63, 3.8) is 0 Å². The number of nitrogens with one attached hydrogen (secondary N) is 1. The highest BCUT2D eigenvalue weighted by Gasteiger charge is 2.55. The summed E-state index contributed by atoms with van der Waals surface area (Å²) in [5.74, 6) is 0.984. The van der Waals surface area contributed by atoms with Crippen LogP contribution in [0.5, 0.6) is 0 Å². The van der Waals surface area contributed by atoms with Crippen molar-refractivity contribution in [1.82, 2.24) is 15.1 Å². The van der Waals surface area contributed by atoms with Gasteiger partial charge in [0, 0.05) is 26.1 Å². The number of carbonyl (C=O) groups is 3. The van der Waals surface area contributed by atoms with Crippen molar-refractivity contribution in [3.05, 3.63) is 0 Å². The van der Waals surface area contributed by atoms with Gasteiger partial charge in [0.15, 0.2) is 0 Å². The summed E-state index contributed by atoms with van der Waals surface area (Å²) in [7, 11) is 0. The molecule has 3 aliphatic heterocycles. The molecular formula is C25H41N3O4. The molecule has 2 atom stereocenters. The Balaban J connectivity index is 1.33. The van der Waals surface area contributed by atoms with Crippen molar-refractivity contribution in [2.45, 2.75) is 102 Å². The first-order chi connectivity index (χ1) is 15.5. The molecule has 32 heavy (non-hydrogen) atoms. The molecule has 7 nitrogen and oxygen atoms in total. The zero-order valence-corrected chi connectivity index (χ0v) is 19.8. The number of rotatable bonds is 8. The fourth-order valence-electron chi connectivity index (χ4n) is 6.43. The van der Waals surface area contributed by atoms with Crippen LogP contribution < -0.4 is 5.32 Å². The number of likely N-dealkylation sites (tertiary alicyclic amines) is 1. The quantitative estimate of drug-likeness (QED) is 0.573. The summed E-state index contributed by atoms with van der Waals surface area (Å²) in [5.41, 5.74) is -0.818. The Morgan fingerprint density at radius 1 is 1.06 bits per heavy atom. The van der Waals surface area contributed by atoms with E-state index in [0.29, 0.717) is 39.1 Å². The summed E-state index contributed by atoms with van der Waals surface area (Å²) < 4.78 is 5.67. The molecule has 0 aromatic heterocycles. The van der Waals surface area contributed by atoms with Gasteiger partial charge in [-0.3, -0.25) is 14.5 Å². The van der Waals surface area contributed by atoms with Crippen LogP contribution in [-0.2, 0) is 14.3 Å². The predicted octanol–water partition coefficient (Wildman–Crippen LogP) is 3.86. The molecule has 2 unspecified atom stereocenters. The summed E-state index contributed by atoms with van der Waals surface area (Å²) in [6.07, 6.45) is 13.1. The Morgan fingerprint density at radius 2 is 1.81 bits per heavy atom. The normalized spacial score (nSPS) is 30.2. The van der Waals surface area contributed by atoms with Gasteiger partial charge in [-0.2, -0.15) is 0 Å². The van der Waals surface area contributed by atoms with Crippen LogP contribution >= 0.6 is 0 Å². The minimum atomic E-state index is -0.818. The van der Waals surface area contributed by atoms with E-state index in [0.717, 1.165) is 44.4 Å². The van der Waals surface area contributed by atoms with E-state index in [4.69, 9.17) is 4.74 Å². The van der Waals surface area contributed by atoms with Gasteiger partial charge in [0.2, 0.25) is 5.91 Å². The molecule has 0 spiro atoms. The monoisotopic (exact) mass is 447 g/mol. The number of imide groups is 1. The van der Waals surface area contributed by atoms with Crippen molar-refractivity contribution in [3.8, 4) is 0 Å². The molecule has 1 N–H and O–H groups in total. The third-order valence-corrected chi connectivity index (χ3v) is 8.29. The highest BCUT2D eigenvalue weighted by molar-refractivity contribution is 6.07. The van der Waals surface area contributed by atoms with Gasteiger partial charge >= 0.3 is 6.03 Å². The van der Waals surface area contributed by atoms with Gasteiger partial charge in [0.1, 0.15) is 5.54 Å². The molecule has 0 aromatic rings. The fraction of sp³-hybridized carbons (Fsp3) is 0.880. The third kappa shape index (κ3) is 4.97. The van der Waals surface area contributed by atoms with Crippen LogP contribution in [0.2, 0.25) is 0 Å². The van der Waals surface area contributed by atoms with Crippen molar-refractivity contribution in [1.29, 1.82) is 0 Å². The molecule has 0 radical (unpaired) electrons. The maximum absolute atomic E-state index is 13.5. The van der Waals surface area contributed by atoms with E-state index in [1.807, 2.05) is 4.90 Å². The second-order valence-corrected chi connectivity index (χ2v) is 10.4. The molecule has 0 bridgehead atoms. The highest BCUT2D eigenvalue weighted by atomic mass is 16.5. The average molecular weight is 448 g/mol. The predicted molar refractivity (Wildman–Crippen MR) is 122 cm³/mol. The first kappa shape index (κ1) is 23.5. The van der Waals surface area contributed by atoms with Crippen molar-refractivity contribution >= 4 is 17.8 Å². The maximum atomic E-state index is 13.5. The van der Waals surface area contributed by atoms with E-state index in [2.05, 4.69) is 12.2 Å². The minimum absolute atomic E-state index is 0.0363. The molecule has 3 heterocycles. The van der Waals surface area contributed by atoms with Crippen molar-refractivity contribution in [2.75, 3.05) is 26.2 Å². The number of hydrogen-bond acceptors (Lipinski definition) is 4. The molecule has 3 saturated heterocycles. The molecule has 0 aromatic carbocycles. The number of hydrogen-bond donors (Lipinski definition) is 1. The van der Waals surface area contributed by atoms with Crippen LogP contribution in [0.15, 0.2) is 0 Å². The van der Waals surface area contributed by atoms with E-state index in [-0.39, 0.29) is 29.9 Å². The zero-order chi connectivity index (χ0) is 22.6. The Bertz CT molecular complexity index is 679. The fourth-order valence-corrected chi connectivity index (χ4v) is 6.43. The highest BCUT2D eigenvalue weighted by Crippen LogP contribution is 2.38. The van der Waals surface area contributed by atoms with Crippen LogP contribution in [0, 0.1) is 11.8 Å². The van der Waals surface area contributed by atoms with Crippen LogP contribution in [-0.4, -0.2) is 65.5 Å². The molecule has 4 fully saturated rings. The van der Waals surface area contributed by atoms with Gasteiger partial charge in [-0.1, -0.05) is 45.4 Å². The molecule has 1 saturated carbocycles. The first-order valence-corrected chi connectivity index (χ1v) is 13.1. The van der Waals surface area contributed by atoms with Crippen LogP contribution in [0.4, 0.5) is 4.79 Å². The van der Waals surface area contributed by atoms with E-state index in [1.54, 1.807) is 0 Å². The molecule has 4 aliphatic rings. The van der Waals surface area contributed by atoms with Gasteiger partial charge in [0.25, 0.3) is 5.91 Å². The largest absolute Gasteiger partial charge is 0.376 e. The molecule has 180 valence electrons. The maximum Gasteiger partial charge on any atom is 0.325 e. The summed E-state index contributed by atoms with van der Waals surface area (Å²) >= 11 is 0. The lowest BCUT2D eigenvalue weighted by Gasteiger charge is -2.41. The Hall–Kier alpha value is -1.63. The molecule has 4 amide bonds. The lowest BCUT2D eigenvalue weighted by molar-refractivity contribution is -0.137. The van der Waals surface area contributed by atoms with Crippen molar-refractivity contribution < 1.29 is 19.1 Å². The van der Waals surface area contributed by atoms with E-state index >= 15 is 0 Å². The van der Waals surface area contributed by atoms with Gasteiger partial charge in [-0.15, -0.1) is 0 Å². The van der Waals surface area contributed by atoms with E-state index in [9.17, 15) is 14.4 Å². The molecule has 7 heteroatoms. The van der Waals surface area contributed by atoms with Gasteiger partial charge in [0.05, 0.1) is 12.6 Å². The average Bonchev–Trinajstić information content (AvgIpc) is 3.41. The molecule has 1 aliphatic carbocycles. The Kier molecular flexibility index (Phi) is 7.74. The lowest BCUT2D eigenvalue weighted by atomic mass is 9.74. The van der Waals surface area contributed by atoms with Crippen LogP contribution in [0.25, 0.3) is 0 Å². The summed E-state index contributed by atoms with van der Waals surface area (Å²) in [6.45, 7) is 4.51. The summed E-state index contributed by atoms with van der Waals surface area (Å²) in [5, 5.41) is 3.10. The van der Waals surface area contributed by atoms with E-state index < -0.39 is 5.54 Å². The number of ether oxygens (including phenoxy) is 1. The van der Waals surface area contributed by atoms with Gasteiger partial charge in [-0.25, -0.2) is 4.79 Å². The minimum Gasteiger partial charge on any atom is -0.376 e. The smallest absolute Gasteiger partial charge is 0.325 e. The number of nitrogens with zero attached hydrogens (tertiary/aromatic N) is 2. The topological polar surface area (TPSA) is 79.0 Å². The number of urea groups is 1. The Labute approximate surface area is 192 Å². The second kappa shape index (κ2) is 10.5. The van der Waals surface area contributed by atoms with Crippen molar-refractivity contribution in [2.24, 2.45) is 11.8 Å². The third-order valence-electron chi connectivity index (χ3n) is 8.29. The zero-order valence-electron chi connectivity index (χ0n) is 19.8. The van der Waals surface area contributed by atoms with Crippen LogP contribution in [0.3, 0.4) is 0 Å². The van der Waals surface area contributed by atoms with Crippen LogP contribution in [0.1, 0.15) is 90.4 Å². The standard InChI is InChI=1S/C25H41N3O4/c1-2-14-25(23(30)28(24(31)26-25)18-21-9-6-17-32-21)20-12-15-27(16-13-20)22(29)11-10-19-7-4-3-5-8-19/h19-21H,2-18H2,1H3,(H,26,31). The number of piperidine rings is 1. The number of carbonyl (C=O) groups excluding carboxylic acids is 3. The van der Waals surface area contributed by atoms with E-state index in [1.165, 1.54) is 37.0 Å². The molecular weight excluding hydrogens is 406 g/mol. The lowest BCUT2D eigenvalue weighted by Crippen LogP contribution is -2.56. The Morgan fingerprint density at radius 3 is 2.47 bits per heavy atom. The van der Waals surface area contributed by atoms with Gasteiger partial charge in [-0.05, 0) is 50.4 Å². The number of amides is 4. The first-order valence-electron chi connectivity index (χ1n) is 13.1. The molecule has 4 rings (SSSR count).